The Kier molecular flexibility index (Phi) is 11.1. The van der Waals surface area contributed by atoms with Gasteiger partial charge in [0.15, 0.2) is 0 Å². The van der Waals surface area contributed by atoms with Gasteiger partial charge < -0.3 is 0 Å². The van der Waals surface area contributed by atoms with Crippen LogP contribution in [0.5, 0.6) is 0 Å². The highest BCUT2D eigenvalue weighted by atomic mass is 14.3. The summed E-state index contributed by atoms with van der Waals surface area (Å²) in [5, 5.41) is 0. The first kappa shape index (κ1) is 24.2. The molecule has 1 saturated carbocycles. The lowest BCUT2D eigenvalue weighted by Gasteiger charge is -2.28. The van der Waals surface area contributed by atoms with Gasteiger partial charge in [0.1, 0.15) is 0 Å². The number of hydrogen-bond donors (Lipinski definition) is 0. The number of rotatable bonds is 9. The maximum Gasteiger partial charge on any atom is -0.0130 e. The maximum atomic E-state index is 2.59. The Labute approximate surface area is 182 Å². The van der Waals surface area contributed by atoms with Gasteiger partial charge in [0, 0.05) is 0 Å². The summed E-state index contributed by atoms with van der Waals surface area (Å²) in [6.45, 7) is 11.5. The van der Waals surface area contributed by atoms with Crippen molar-refractivity contribution in [3.05, 3.63) is 47.1 Å². The predicted octanol–water partition coefficient (Wildman–Crippen LogP) is 9.59. The molecule has 0 heterocycles. The minimum Gasteiger partial charge on any atom is -0.0859 e. The van der Waals surface area contributed by atoms with Crippen molar-refractivity contribution in [2.24, 2.45) is 23.7 Å². The van der Waals surface area contributed by atoms with E-state index in [4.69, 9.17) is 0 Å². The second kappa shape index (κ2) is 13.3. The summed E-state index contributed by atoms with van der Waals surface area (Å²) in [7, 11) is 0. The van der Waals surface area contributed by atoms with Crippen LogP contribution in [-0.4, -0.2) is 0 Å². The summed E-state index contributed by atoms with van der Waals surface area (Å²) in [5.74, 6) is 3.34. The van der Waals surface area contributed by atoms with Crippen LogP contribution in [0.1, 0.15) is 112 Å². The van der Waals surface area contributed by atoms with Gasteiger partial charge in [-0.1, -0.05) is 93.6 Å². The molecule has 2 aliphatic carbocycles. The van der Waals surface area contributed by atoms with Gasteiger partial charge in [0.05, 0.1) is 0 Å². The highest BCUT2D eigenvalue weighted by Gasteiger charge is 2.21. The molecule has 164 valence electrons. The second-order valence-electron chi connectivity index (χ2n) is 10.2. The molecule has 0 heteroatoms. The van der Waals surface area contributed by atoms with Crippen molar-refractivity contribution >= 4 is 0 Å². The Morgan fingerprint density at radius 3 is 2.45 bits per heavy atom. The van der Waals surface area contributed by atoms with E-state index in [9.17, 15) is 0 Å². The molecule has 2 rings (SSSR count). The van der Waals surface area contributed by atoms with E-state index in [2.05, 4.69) is 65.0 Å². The molecule has 29 heavy (non-hydrogen) atoms. The third-order valence-electron chi connectivity index (χ3n) is 7.26. The van der Waals surface area contributed by atoms with Crippen LogP contribution in [-0.2, 0) is 0 Å². The lowest BCUT2D eigenvalue weighted by molar-refractivity contribution is 0.261. The van der Waals surface area contributed by atoms with Crippen molar-refractivity contribution < 1.29 is 0 Å². The van der Waals surface area contributed by atoms with Gasteiger partial charge in [-0.15, -0.1) is 0 Å². The molecular formula is C29H48. The Balaban J connectivity index is 2.00. The predicted molar refractivity (Wildman–Crippen MR) is 131 cm³/mol. The van der Waals surface area contributed by atoms with Crippen molar-refractivity contribution in [1.82, 2.24) is 0 Å². The van der Waals surface area contributed by atoms with E-state index in [0.717, 1.165) is 17.8 Å². The van der Waals surface area contributed by atoms with Gasteiger partial charge >= 0.3 is 0 Å². The van der Waals surface area contributed by atoms with E-state index >= 15 is 0 Å². The third-order valence-corrected chi connectivity index (χ3v) is 7.26. The summed E-state index contributed by atoms with van der Waals surface area (Å²) >= 11 is 0. The van der Waals surface area contributed by atoms with Gasteiger partial charge in [0.2, 0.25) is 0 Å². The maximum absolute atomic E-state index is 2.59. The first-order valence-electron chi connectivity index (χ1n) is 12.7. The quantitative estimate of drug-likeness (QED) is 0.340. The van der Waals surface area contributed by atoms with Crippen molar-refractivity contribution in [1.29, 1.82) is 0 Å². The molecule has 0 nitrogen and oxygen atoms in total. The smallest absolute Gasteiger partial charge is 0.0130 e. The highest BCUT2D eigenvalue weighted by Crippen LogP contribution is 2.36. The molecule has 1 fully saturated rings. The topological polar surface area (TPSA) is 0 Å². The fraction of sp³-hybridized carbons (Fsp3) is 0.724. The first-order chi connectivity index (χ1) is 14.0. The van der Waals surface area contributed by atoms with Gasteiger partial charge in [-0.2, -0.15) is 0 Å². The normalized spacial score (nSPS) is 26.6. The molecule has 0 amide bonds. The van der Waals surface area contributed by atoms with Crippen LogP contribution in [0.15, 0.2) is 47.1 Å². The summed E-state index contributed by atoms with van der Waals surface area (Å²) < 4.78 is 0. The minimum absolute atomic E-state index is 0.655. The van der Waals surface area contributed by atoms with Crippen LogP contribution in [0.2, 0.25) is 0 Å². The summed E-state index contributed by atoms with van der Waals surface area (Å²) in [4.78, 5) is 0. The monoisotopic (exact) mass is 396 g/mol. The van der Waals surface area contributed by atoms with Crippen LogP contribution in [0.4, 0.5) is 0 Å². The van der Waals surface area contributed by atoms with E-state index in [1.165, 1.54) is 82.6 Å². The van der Waals surface area contributed by atoms with Gasteiger partial charge in [-0.3, -0.25) is 0 Å². The lowest BCUT2D eigenvalue weighted by Crippen LogP contribution is -2.14. The Hall–Kier alpha value is -1.04. The van der Waals surface area contributed by atoms with Gasteiger partial charge in [0.25, 0.3) is 0 Å². The van der Waals surface area contributed by atoms with Crippen LogP contribution in [0, 0.1) is 23.7 Å². The molecule has 2 unspecified atom stereocenters. The second-order valence-corrected chi connectivity index (χ2v) is 10.2. The standard InChI is InChI=1S/C29H48/c1-6-9-25-15-17-27(18-16-25)22-26-14-12-24(5)13-20-29(21-19-26)28(7-2)11-8-10-23(3)4/h10,12,14,19-20,24-25,27-28H,6-9,11,13,15-18,21-22H2,1-5H3. The van der Waals surface area contributed by atoms with Crippen molar-refractivity contribution in [3.8, 4) is 0 Å². The average molecular weight is 397 g/mol. The fourth-order valence-corrected chi connectivity index (χ4v) is 5.28. The van der Waals surface area contributed by atoms with Gasteiger partial charge in [-0.05, 0) is 88.9 Å². The lowest BCUT2D eigenvalue weighted by atomic mass is 9.77. The van der Waals surface area contributed by atoms with E-state index in [1.54, 1.807) is 11.1 Å². The van der Waals surface area contributed by atoms with E-state index in [0.29, 0.717) is 5.92 Å². The molecule has 0 saturated heterocycles. The number of allylic oxidation sites excluding steroid dienone is 8. The zero-order valence-corrected chi connectivity index (χ0v) is 20.2. The largest absolute Gasteiger partial charge is 0.0859 e. The van der Waals surface area contributed by atoms with Crippen molar-refractivity contribution in [3.63, 3.8) is 0 Å². The summed E-state index contributed by atoms with van der Waals surface area (Å²) in [5.41, 5.74) is 4.77. The molecule has 0 bridgehead atoms. The molecule has 0 N–H and O–H groups in total. The molecular weight excluding hydrogens is 348 g/mol. The first-order valence-corrected chi connectivity index (χ1v) is 12.7. The molecule has 0 aliphatic heterocycles. The molecule has 0 spiro atoms. The third kappa shape index (κ3) is 9.10. The average Bonchev–Trinajstić information content (AvgIpc) is 2.79. The fourth-order valence-electron chi connectivity index (χ4n) is 5.28. The van der Waals surface area contributed by atoms with E-state index in [-0.39, 0.29) is 0 Å². The number of hydrogen-bond acceptors (Lipinski definition) is 0. The van der Waals surface area contributed by atoms with Crippen LogP contribution < -0.4 is 0 Å². The van der Waals surface area contributed by atoms with Crippen molar-refractivity contribution in [2.75, 3.05) is 0 Å². The zero-order chi connectivity index (χ0) is 21.1. The highest BCUT2D eigenvalue weighted by molar-refractivity contribution is 5.25. The molecule has 0 aromatic carbocycles. The van der Waals surface area contributed by atoms with Crippen LogP contribution >= 0.6 is 0 Å². The molecule has 0 aromatic heterocycles. The Bertz CT molecular complexity index is 573. The minimum atomic E-state index is 0.655. The SMILES string of the molecule is CCCC1CCC(CC2=CCC(C(CC)CCC=C(C)C)=CCC(C)C=C2)CC1. The molecule has 0 aromatic rings. The Morgan fingerprint density at radius 1 is 1.07 bits per heavy atom. The van der Waals surface area contributed by atoms with Gasteiger partial charge in [-0.25, -0.2) is 0 Å². The summed E-state index contributed by atoms with van der Waals surface area (Å²) in [6, 6.07) is 0. The zero-order valence-electron chi connectivity index (χ0n) is 20.2. The molecule has 2 atom stereocenters. The van der Waals surface area contributed by atoms with Crippen molar-refractivity contribution in [2.45, 2.75) is 112 Å². The summed E-state index contributed by atoms with van der Waals surface area (Å²) in [6.07, 6.45) is 28.7. The molecule has 2 aliphatic rings. The van der Waals surface area contributed by atoms with Crippen LogP contribution in [0.25, 0.3) is 0 Å². The Morgan fingerprint density at radius 2 is 1.79 bits per heavy atom. The van der Waals surface area contributed by atoms with E-state index in [1.807, 2.05) is 0 Å². The van der Waals surface area contributed by atoms with Crippen LogP contribution in [0.3, 0.4) is 0 Å². The molecule has 0 radical (unpaired) electrons. The van der Waals surface area contributed by atoms with E-state index < -0.39 is 0 Å².